The van der Waals surface area contributed by atoms with Crippen molar-refractivity contribution in [3.8, 4) is 0 Å². The summed E-state index contributed by atoms with van der Waals surface area (Å²) in [5.74, 6) is -0.728. The molecule has 0 aliphatic carbocycles. The molecule has 0 spiro atoms. The lowest BCUT2D eigenvalue weighted by Crippen LogP contribution is -2.31. The minimum atomic E-state index is -0.246. The lowest BCUT2D eigenvalue weighted by molar-refractivity contribution is -0.122. The van der Waals surface area contributed by atoms with Gasteiger partial charge in [0.1, 0.15) is 0 Å². The van der Waals surface area contributed by atoms with Crippen LogP contribution in [0.25, 0.3) is 0 Å². The molecule has 2 atom stereocenters. The van der Waals surface area contributed by atoms with E-state index < -0.39 is 0 Å². The van der Waals surface area contributed by atoms with Crippen molar-refractivity contribution >= 4 is 17.5 Å². The zero-order chi connectivity index (χ0) is 14.3. The van der Waals surface area contributed by atoms with E-state index in [2.05, 4.69) is 10.4 Å². The maximum Gasteiger partial charge on any atom is 0.237 e. The van der Waals surface area contributed by atoms with Crippen LogP contribution in [0.1, 0.15) is 32.7 Å². The summed E-state index contributed by atoms with van der Waals surface area (Å²) < 4.78 is 1.89. The second kappa shape index (κ2) is 5.01. The first-order valence-electron chi connectivity index (χ1n) is 7.22. The van der Waals surface area contributed by atoms with E-state index in [0.717, 1.165) is 25.9 Å². The molecule has 0 aromatic carbocycles. The summed E-state index contributed by atoms with van der Waals surface area (Å²) in [4.78, 5) is 25.6. The highest BCUT2D eigenvalue weighted by atomic mass is 16.2. The van der Waals surface area contributed by atoms with Crippen LogP contribution >= 0.6 is 0 Å². The molecule has 20 heavy (non-hydrogen) atoms. The molecular weight excluding hydrogens is 256 g/mol. The molecule has 6 heteroatoms. The van der Waals surface area contributed by atoms with E-state index in [4.69, 9.17) is 0 Å². The van der Waals surface area contributed by atoms with Gasteiger partial charge in [-0.2, -0.15) is 5.10 Å². The summed E-state index contributed by atoms with van der Waals surface area (Å²) in [5, 5.41) is 7.66. The van der Waals surface area contributed by atoms with E-state index in [1.165, 1.54) is 4.90 Å². The van der Waals surface area contributed by atoms with Crippen molar-refractivity contribution in [1.29, 1.82) is 0 Å². The summed E-state index contributed by atoms with van der Waals surface area (Å²) in [6.45, 7) is 5.58. The quantitative estimate of drug-likeness (QED) is 0.817. The van der Waals surface area contributed by atoms with E-state index in [9.17, 15) is 9.59 Å². The molecule has 2 aliphatic rings. The number of amides is 2. The van der Waals surface area contributed by atoms with Gasteiger partial charge in [0, 0.05) is 18.0 Å². The van der Waals surface area contributed by atoms with E-state index in [-0.39, 0.29) is 23.7 Å². The minimum absolute atomic E-state index is 0.118. The Hall–Kier alpha value is -1.69. The third kappa shape index (κ3) is 2.04. The van der Waals surface area contributed by atoms with Gasteiger partial charge in [-0.1, -0.05) is 13.8 Å². The van der Waals surface area contributed by atoms with Gasteiger partial charge in [0.05, 0.1) is 17.9 Å². The molecule has 2 aliphatic heterocycles. The lowest BCUT2D eigenvalue weighted by atomic mass is 10.00. The minimum Gasteiger partial charge on any atom is -0.317 e. The fourth-order valence-corrected chi connectivity index (χ4v) is 2.91. The van der Waals surface area contributed by atoms with Crippen LogP contribution in [0.4, 0.5) is 5.69 Å². The van der Waals surface area contributed by atoms with E-state index >= 15 is 0 Å². The van der Waals surface area contributed by atoms with Gasteiger partial charge in [0.15, 0.2) is 0 Å². The topological polar surface area (TPSA) is 67.2 Å². The molecule has 2 saturated heterocycles. The van der Waals surface area contributed by atoms with Gasteiger partial charge in [0.25, 0.3) is 0 Å². The van der Waals surface area contributed by atoms with Crippen LogP contribution in [0.15, 0.2) is 12.4 Å². The van der Waals surface area contributed by atoms with Gasteiger partial charge >= 0.3 is 0 Å². The smallest absolute Gasteiger partial charge is 0.237 e. The summed E-state index contributed by atoms with van der Waals surface area (Å²) >= 11 is 0. The number of nitrogens with zero attached hydrogens (tertiary/aromatic N) is 3. The molecule has 1 N–H and O–H groups in total. The first kappa shape index (κ1) is 13.3. The molecular formula is C14H20N4O2. The molecule has 0 bridgehead atoms. The molecule has 2 unspecified atom stereocenters. The van der Waals surface area contributed by atoms with Crippen molar-refractivity contribution in [3.05, 3.63) is 12.4 Å². The normalized spacial score (nSPS) is 28.4. The molecule has 2 amide bonds. The van der Waals surface area contributed by atoms with E-state index in [1.54, 1.807) is 6.20 Å². The lowest BCUT2D eigenvalue weighted by Gasteiger charge is -2.22. The molecule has 1 aromatic rings. The molecule has 108 valence electrons. The van der Waals surface area contributed by atoms with Crippen LogP contribution in [0.5, 0.6) is 0 Å². The Balaban J connectivity index is 1.83. The number of nitrogens with one attached hydrogen (secondary N) is 1. The Labute approximate surface area is 118 Å². The average Bonchev–Trinajstić information content (AvgIpc) is 3.02. The number of hydrogen-bond acceptors (Lipinski definition) is 4. The second-order valence-electron chi connectivity index (χ2n) is 5.75. The molecule has 3 rings (SSSR count). The van der Waals surface area contributed by atoms with Gasteiger partial charge in [-0.25, -0.2) is 4.90 Å². The van der Waals surface area contributed by atoms with E-state index in [1.807, 2.05) is 24.7 Å². The van der Waals surface area contributed by atoms with Crippen molar-refractivity contribution in [2.45, 2.75) is 32.7 Å². The zero-order valence-corrected chi connectivity index (χ0v) is 11.9. The van der Waals surface area contributed by atoms with Crippen LogP contribution in [0.3, 0.4) is 0 Å². The van der Waals surface area contributed by atoms with Crippen molar-refractivity contribution in [2.75, 3.05) is 18.0 Å². The fourth-order valence-electron chi connectivity index (χ4n) is 2.91. The van der Waals surface area contributed by atoms with Gasteiger partial charge in [-0.15, -0.1) is 0 Å². The Kier molecular flexibility index (Phi) is 3.33. The molecule has 3 heterocycles. The third-order valence-electron chi connectivity index (χ3n) is 4.50. The van der Waals surface area contributed by atoms with Crippen molar-refractivity contribution in [1.82, 2.24) is 15.1 Å². The number of piperidine rings is 1. The molecule has 6 nitrogen and oxygen atoms in total. The number of carbonyl (C=O) groups excluding carboxylic acids is 2. The Morgan fingerprint density at radius 2 is 1.75 bits per heavy atom. The van der Waals surface area contributed by atoms with Crippen LogP contribution in [0.2, 0.25) is 0 Å². The summed E-state index contributed by atoms with van der Waals surface area (Å²) in [6, 6.07) is 0.354. The highest BCUT2D eigenvalue weighted by Crippen LogP contribution is 2.31. The average molecular weight is 276 g/mol. The predicted molar refractivity (Wildman–Crippen MR) is 74.2 cm³/mol. The summed E-state index contributed by atoms with van der Waals surface area (Å²) in [7, 11) is 0. The zero-order valence-electron chi connectivity index (χ0n) is 11.9. The highest BCUT2D eigenvalue weighted by molar-refractivity contribution is 6.21. The monoisotopic (exact) mass is 276 g/mol. The number of hydrogen-bond donors (Lipinski definition) is 1. The van der Waals surface area contributed by atoms with Crippen LogP contribution in [-0.2, 0) is 9.59 Å². The largest absolute Gasteiger partial charge is 0.317 e. The maximum absolute atomic E-state index is 12.2. The van der Waals surface area contributed by atoms with Gasteiger partial charge in [0.2, 0.25) is 11.8 Å². The first-order valence-corrected chi connectivity index (χ1v) is 7.22. The predicted octanol–water partition coefficient (Wildman–Crippen LogP) is 0.953. The van der Waals surface area contributed by atoms with E-state index in [0.29, 0.717) is 11.7 Å². The Morgan fingerprint density at radius 1 is 1.15 bits per heavy atom. The first-order chi connectivity index (χ1) is 9.59. The number of rotatable bonds is 2. The molecule has 0 radical (unpaired) electrons. The van der Waals surface area contributed by atoms with Crippen molar-refractivity contribution in [3.63, 3.8) is 0 Å². The Bertz CT molecular complexity index is 513. The molecule has 2 fully saturated rings. The molecule has 0 saturated carbocycles. The Morgan fingerprint density at radius 3 is 2.35 bits per heavy atom. The van der Waals surface area contributed by atoms with Crippen molar-refractivity contribution in [2.24, 2.45) is 11.8 Å². The third-order valence-corrected chi connectivity index (χ3v) is 4.50. The van der Waals surface area contributed by atoms with Gasteiger partial charge < -0.3 is 5.32 Å². The van der Waals surface area contributed by atoms with Crippen LogP contribution in [-0.4, -0.2) is 34.7 Å². The van der Waals surface area contributed by atoms with Gasteiger partial charge in [-0.3, -0.25) is 14.3 Å². The molecule has 1 aromatic heterocycles. The maximum atomic E-state index is 12.2. The summed E-state index contributed by atoms with van der Waals surface area (Å²) in [6.07, 6.45) is 5.50. The highest BCUT2D eigenvalue weighted by Gasteiger charge is 2.43. The van der Waals surface area contributed by atoms with Gasteiger partial charge in [-0.05, 0) is 25.9 Å². The van der Waals surface area contributed by atoms with Crippen LogP contribution in [0, 0.1) is 11.8 Å². The standard InChI is InChI=1S/C14H20N4O2/c1-9-10(2)14(20)18(13(9)19)12-7-16-17(8-12)11-3-5-15-6-4-11/h7-11,15H,3-6H2,1-2H3. The van der Waals surface area contributed by atoms with Crippen molar-refractivity contribution < 1.29 is 9.59 Å². The number of carbonyl (C=O) groups is 2. The van der Waals surface area contributed by atoms with Crippen LogP contribution < -0.4 is 10.2 Å². The number of aromatic nitrogens is 2. The number of anilines is 1. The fraction of sp³-hybridized carbons (Fsp3) is 0.643. The second-order valence-corrected chi connectivity index (χ2v) is 5.75. The number of imide groups is 1. The SMILES string of the molecule is CC1C(=O)N(c2cnn(C3CCNCC3)c2)C(=O)C1C. The summed E-state index contributed by atoms with van der Waals surface area (Å²) in [5.41, 5.74) is 0.606.